The van der Waals surface area contributed by atoms with Gasteiger partial charge in [-0.05, 0) is 36.8 Å². The van der Waals surface area contributed by atoms with Gasteiger partial charge < -0.3 is 21.0 Å². The first-order valence-corrected chi connectivity index (χ1v) is 8.88. The highest BCUT2D eigenvalue weighted by Crippen LogP contribution is 2.31. The summed E-state index contributed by atoms with van der Waals surface area (Å²) < 4.78 is 1.87. The normalized spacial score (nSPS) is 16.2. The molecule has 0 unspecified atom stereocenters. The SMILES string of the molecule is C=C(CC)n1ccc(N2CCC(c3ccccc3)CC2)c(N)/c1=N/N. The van der Waals surface area contributed by atoms with Crippen LogP contribution in [0.25, 0.3) is 5.70 Å². The third kappa shape index (κ3) is 3.40. The van der Waals surface area contributed by atoms with Crippen molar-refractivity contribution in [3.63, 3.8) is 0 Å². The zero-order valence-corrected chi connectivity index (χ0v) is 14.9. The number of allylic oxidation sites excluding steroid dienone is 1. The first-order valence-electron chi connectivity index (χ1n) is 8.88. The summed E-state index contributed by atoms with van der Waals surface area (Å²) in [6, 6.07) is 12.8. The molecule has 1 aromatic heterocycles. The van der Waals surface area contributed by atoms with Crippen LogP contribution in [0.1, 0.15) is 37.7 Å². The van der Waals surface area contributed by atoms with Crippen molar-refractivity contribution in [2.45, 2.75) is 32.1 Å². The van der Waals surface area contributed by atoms with Gasteiger partial charge in [-0.2, -0.15) is 5.10 Å². The molecule has 0 atom stereocenters. The molecule has 5 heteroatoms. The Morgan fingerprint density at radius 1 is 1.20 bits per heavy atom. The fourth-order valence-electron chi connectivity index (χ4n) is 3.56. The molecule has 1 saturated heterocycles. The van der Waals surface area contributed by atoms with Crippen LogP contribution in [-0.2, 0) is 0 Å². The van der Waals surface area contributed by atoms with E-state index in [0.717, 1.165) is 43.7 Å². The van der Waals surface area contributed by atoms with Crippen LogP contribution in [0.5, 0.6) is 0 Å². The predicted octanol–water partition coefficient (Wildman–Crippen LogP) is 3.11. The van der Waals surface area contributed by atoms with Crippen molar-refractivity contribution in [1.29, 1.82) is 0 Å². The van der Waals surface area contributed by atoms with Crippen LogP contribution in [0.3, 0.4) is 0 Å². The molecule has 2 heterocycles. The third-order valence-electron chi connectivity index (χ3n) is 5.10. The van der Waals surface area contributed by atoms with Crippen molar-refractivity contribution < 1.29 is 0 Å². The molecule has 2 aromatic rings. The van der Waals surface area contributed by atoms with Gasteiger partial charge in [0.2, 0.25) is 0 Å². The second kappa shape index (κ2) is 7.47. The van der Waals surface area contributed by atoms with Gasteiger partial charge in [0, 0.05) is 25.0 Å². The van der Waals surface area contributed by atoms with Crippen LogP contribution in [0.15, 0.2) is 54.3 Å². The van der Waals surface area contributed by atoms with Crippen LogP contribution in [-0.4, -0.2) is 17.7 Å². The molecule has 4 N–H and O–H groups in total. The van der Waals surface area contributed by atoms with Gasteiger partial charge in [-0.1, -0.05) is 43.8 Å². The molecule has 1 fully saturated rings. The number of hydrogen-bond acceptors (Lipinski definition) is 4. The van der Waals surface area contributed by atoms with Crippen molar-refractivity contribution >= 4 is 17.1 Å². The first-order chi connectivity index (χ1) is 12.2. The Kier molecular flexibility index (Phi) is 5.12. The van der Waals surface area contributed by atoms with Crippen LogP contribution in [0.2, 0.25) is 0 Å². The summed E-state index contributed by atoms with van der Waals surface area (Å²) in [6.45, 7) is 8.06. The number of piperidine rings is 1. The topological polar surface area (TPSA) is 72.6 Å². The van der Waals surface area contributed by atoms with E-state index in [1.54, 1.807) is 0 Å². The molecule has 3 rings (SSSR count). The van der Waals surface area contributed by atoms with Crippen molar-refractivity contribution in [1.82, 2.24) is 4.57 Å². The number of nitrogens with two attached hydrogens (primary N) is 2. The zero-order valence-electron chi connectivity index (χ0n) is 14.9. The standard InChI is InChI=1S/C20H27N5/c1-3-15(2)25-14-11-18(19(21)20(25)23-22)24-12-9-17(10-13-24)16-7-5-4-6-8-16/h4-8,11,14,17H,2-3,9-10,12-13,21-22H2,1H3/b23-20-. The Hall–Kier alpha value is -2.69. The minimum atomic E-state index is 0.578. The molecule has 0 radical (unpaired) electrons. The minimum Gasteiger partial charge on any atom is -0.394 e. The maximum atomic E-state index is 6.39. The number of hydrogen-bond donors (Lipinski definition) is 2. The number of aromatic nitrogens is 1. The van der Waals surface area contributed by atoms with E-state index in [1.165, 1.54) is 5.56 Å². The third-order valence-corrected chi connectivity index (χ3v) is 5.10. The summed E-state index contributed by atoms with van der Waals surface area (Å²) in [5, 5.41) is 3.91. The lowest BCUT2D eigenvalue weighted by Crippen LogP contribution is -2.36. The average molecular weight is 337 g/mol. The van der Waals surface area contributed by atoms with Gasteiger partial charge in [0.05, 0.1) is 5.69 Å². The lowest BCUT2D eigenvalue weighted by atomic mass is 9.89. The summed E-state index contributed by atoms with van der Waals surface area (Å²) in [5.74, 6) is 6.22. The average Bonchev–Trinajstić information content (AvgIpc) is 2.68. The Balaban J connectivity index is 1.81. The zero-order chi connectivity index (χ0) is 17.8. The van der Waals surface area contributed by atoms with E-state index in [4.69, 9.17) is 11.6 Å². The number of benzene rings is 1. The summed E-state index contributed by atoms with van der Waals surface area (Å²) in [7, 11) is 0. The molecular formula is C20H27N5. The van der Waals surface area contributed by atoms with Crippen LogP contribution in [0, 0.1) is 0 Å². The number of nitrogens with zero attached hydrogens (tertiary/aromatic N) is 3. The second-order valence-electron chi connectivity index (χ2n) is 6.53. The smallest absolute Gasteiger partial charge is 0.181 e. The van der Waals surface area contributed by atoms with Gasteiger partial charge in [0.1, 0.15) is 5.69 Å². The fourth-order valence-corrected chi connectivity index (χ4v) is 3.56. The van der Waals surface area contributed by atoms with Crippen molar-refractivity contribution in [2.24, 2.45) is 10.9 Å². The fraction of sp³-hybridized carbons (Fsp3) is 0.350. The van der Waals surface area contributed by atoms with E-state index in [-0.39, 0.29) is 0 Å². The Labute approximate surface area is 149 Å². The van der Waals surface area contributed by atoms with Crippen molar-refractivity contribution in [3.8, 4) is 0 Å². The molecule has 1 aliphatic heterocycles. The van der Waals surface area contributed by atoms with E-state index in [0.29, 0.717) is 17.1 Å². The van der Waals surface area contributed by atoms with Gasteiger partial charge in [0.25, 0.3) is 0 Å². The maximum absolute atomic E-state index is 6.39. The van der Waals surface area contributed by atoms with Gasteiger partial charge in [-0.3, -0.25) is 0 Å². The number of nitrogen functional groups attached to an aromatic ring is 1. The molecule has 0 bridgehead atoms. The van der Waals surface area contributed by atoms with Gasteiger partial charge in [0.15, 0.2) is 5.49 Å². The highest BCUT2D eigenvalue weighted by molar-refractivity contribution is 5.67. The van der Waals surface area contributed by atoms with E-state index in [1.807, 2.05) is 23.8 Å². The Morgan fingerprint density at radius 3 is 2.48 bits per heavy atom. The van der Waals surface area contributed by atoms with Gasteiger partial charge in [-0.25, -0.2) is 0 Å². The van der Waals surface area contributed by atoms with Crippen molar-refractivity contribution in [2.75, 3.05) is 23.7 Å². The summed E-state index contributed by atoms with van der Waals surface area (Å²) in [5.41, 5.74) is 10.9. The minimum absolute atomic E-state index is 0.578. The van der Waals surface area contributed by atoms with E-state index in [9.17, 15) is 0 Å². The monoisotopic (exact) mass is 337 g/mol. The van der Waals surface area contributed by atoms with Gasteiger partial charge >= 0.3 is 0 Å². The summed E-state index contributed by atoms with van der Waals surface area (Å²) in [4.78, 5) is 2.34. The van der Waals surface area contributed by atoms with Crippen LogP contribution < -0.4 is 22.0 Å². The molecule has 0 spiro atoms. The highest BCUT2D eigenvalue weighted by Gasteiger charge is 2.22. The molecular weight excluding hydrogens is 310 g/mol. The molecule has 1 aliphatic rings. The molecule has 132 valence electrons. The number of pyridine rings is 1. The van der Waals surface area contributed by atoms with E-state index in [2.05, 4.69) is 46.9 Å². The molecule has 0 amide bonds. The van der Waals surface area contributed by atoms with E-state index < -0.39 is 0 Å². The summed E-state index contributed by atoms with van der Waals surface area (Å²) >= 11 is 0. The first kappa shape index (κ1) is 17.1. The Bertz CT molecular complexity index is 799. The maximum Gasteiger partial charge on any atom is 0.181 e. The van der Waals surface area contributed by atoms with Gasteiger partial charge in [-0.15, -0.1) is 0 Å². The number of anilines is 2. The quantitative estimate of drug-likeness (QED) is 0.665. The predicted molar refractivity (Wildman–Crippen MR) is 105 cm³/mol. The number of rotatable bonds is 4. The lowest BCUT2D eigenvalue weighted by Gasteiger charge is -2.34. The lowest BCUT2D eigenvalue weighted by molar-refractivity contribution is 0.505. The van der Waals surface area contributed by atoms with Crippen LogP contribution in [0.4, 0.5) is 11.4 Å². The molecule has 1 aromatic carbocycles. The Morgan fingerprint density at radius 2 is 1.88 bits per heavy atom. The molecule has 25 heavy (non-hydrogen) atoms. The van der Waals surface area contributed by atoms with Crippen LogP contribution >= 0.6 is 0 Å². The molecule has 0 aliphatic carbocycles. The largest absolute Gasteiger partial charge is 0.394 e. The van der Waals surface area contributed by atoms with E-state index >= 15 is 0 Å². The molecule has 5 nitrogen and oxygen atoms in total. The summed E-state index contributed by atoms with van der Waals surface area (Å²) in [6.07, 6.45) is 5.02. The molecule has 0 saturated carbocycles. The second-order valence-corrected chi connectivity index (χ2v) is 6.53. The van der Waals surface area contributed by atoms with Crippen molar-refractivity contribution in [3.05, 3.63) is 60.2 Å². The highest BCUT2D eigenvalue weighted by atomic mass is 15.2.